The summed E-state index contributed by atoms with van der Waals surface area (Å²) in [5.74, 6) is -3.09. The molecule has 2 saturated heterocycles. The number of likely N-dealkylation sites (tertiary alicyclic amines) is 1. The number of aromatic nitrogens is 2. The molecule has 2 aromatic carbocycles. The van der Waals surface area contributed by atoms with E-state index >= 15 is 0 Å². The van der Waals surface area contributed by atoms with Crippen molar-refractivity contribution in [2.45, 2.75) is 62.4 Å². The molecule has 6 atom stereocenters. The molecule has 14 heteroatoms. The summed E-state index contributed by atoms with van der Waals surface area (Å²) >= 11 is 0. The summed E-state index contributed by atoms with van der Waals surface area (Å²) in [6, 6.07) is 8.84. The average Bonchev–Trinajstić information content (AvgIpc) is 3.39. The van der Waals surface area contributed by atoms with Crippen molar-refractivity contribution >= 4 is 23.5 Å². The Morgan fingerprint density at radius 2 is 1.91 bits per heavy atom. The molecule has 1 N–H and O–H groups in total. The van der Waals surface area contributed by atoms with Gasteiger partial charge in [-0.15, -0.1) is 0 Å². The van der Waals surface area contributed by atoms with Crippen molar-refractivity contribution in [1.82, 2.24) is 20.0 Å². The lowest BCUT2D eigenvalue weighted by atomic mass is 9.80. The first kappa shape index (κ1) is 30.9. The first-order chi connectivity index (χ1) is 22.5. The number of anilines is 1. The van der Waals surface area contributed by atoms with Crippen LogP contribution in [0.1, 0.15) is 75.7 Å². The van der Waals surface area contributed by atoms with Crippen molar-refractivity contribution in [3.8, 4) is 6.07 Å². The molecular weight excluding hydrogens is 620 g/mol. The molecular formula is C33H30F4N6O4. The Kier molecular flexibility index (Phi) is 7.54. The molecule has 7 rings (SSSR count). The highest BCUT2D eigenvalue weighted by molar-refractivity contribution is 6.07. The SMILES string of the molecule is CCN1C(=O)[C@@H](NC(=O)c2cccc(C(F)(F)F)c2)[C@@H](c2ccc(F)cc2)c2c(C(=O)N3[C@H](C#N)C[C@H]4C[C@H]43)nn([C@H]3CCOC3)c21. The maximum atomic E-state index is 14.5. The molecule has 3 amide bonds. The zero-order valence-electron chi connectivity index (χ0n) is 25.2. The minimum atomic E-state index is -4.70. The topological polar surface area (TPSA) is 121 Å². The van der Waals surface area contributed by atoms with Crippen molar-refractivity contribution < 1.29 is 36.7 Å². The van der Waals surface area contributed by atoms with Crippen LogP contribution in [0.25, 0.3) is 0 Å². The van der Waals surface area contributed by atoms with E-state index in [1.54, 1.807) is 16.5 Å². The third-order valence-electron chi connectivity index (χ3n) is 9.58. The van der Waals surface area contributed by atoms with Crippen LogP contribution in [0.3, 0.4) is 0 Å². The van der Waals surface area contributed by atoms with Crippen molar-refractivity contribution in [2.75, 3.05) is 24.7 Å². The maximum Gasteiger partial charge on any atom is 0.416 e. The molecule has 10 nitrogen and oxygen atoms in total. The predicted molar refractivity (Wildman–Crippen MR) is 158 cm³/mol. The Hall–Kier alpha value is -4.77. The van der Waals surface area contributed by atoms with Gasteiger partial charge in [0, 0.05) is 36.2 Å². The van der Waals surface area contributed by atoms with E-state index in [9.17, 15) is 37.2 Å². The fourth-order valence-electron chi connectivity index (χ4n) is 7.23. The summed E-state index contributed by atoms with van der Waals surface area (Å²) in [4.78, 5) is 45.4. The van der Waals surface area contributed by atoms with Crippen LogP contribution in [0, 0.1) is 23.1 Å². The van der Waals surface area contributed by atoms with Crippen LogP contribution in [-0.4, -0.2) is 70.3 Å². The minimum absolute atomic E-state index is 0.00158. The standard InChI is InChI=1S/C33H30F4N6O4/c1-2-41-30-26(28(40-43(30)22-10-11-47-16-22)32(46)42-23(15-38)13-19-14-24(19)42)25(17-6-8-21(34)9-7-17)27(31(41)45)39-29(44)18-4-3-5-20(12-18)33(35,36)37/h3-9,12,19,22-25,27H,2,10-11,13-14,16H2,1H3,(H,39,44)/t19-,22-,23-,24+,25-,27-/m0/s1. The first-order valence-corrected chi connectivity index (χ1v) is 15.5. The Labute approximate surface area is 266 Å². The van der Waals surface area contributed by atoms with Gasteiger partial charge in [-0.2, -0.15) is 23.5 Å². The molecule has 244 valence electrons. The molecule has 1 aromatic heterocycles. The summed E-state index contributed by atoms with van der Waals surface area (Å²) in [6.45, 7) is 2.54. The molecule has 0 bridgehead atoms. The van der Waals surface area contributed by atoms with E-state index < -0.39 is 53.3 Å². The highest BCUT2D eigenvalue weighted by Crippen LogP contribution is 2.50. The van der Waals surface area contributed by atoms with Crippen molar-refractivity contribution in [3.05, 3.63) is 82.3 Å². The molecule has 47 heavy (non-hydrogen) atoms. The number of benzene rings is 2. The molecule has 3 fully saturated rings. The zero-order chi connectivity index (χ0) is 33.2. The third-order valence-corrected chi connectivity index (χ3v) is 9.58. The van der Waals surface area contributed by atoms with Gasteiger partial charge in [0.2, 0.25) is 0 Å². The number of nitrogens with one attached hydrogen (secondary N) is 1. The third kappa shape index (κ3) is 5.22. The first-order valence-electron chi connectivity index (χ1n) is 15.5. The van der Waals surface area contributed by atoms with Crippen molar-refractivity contribution in [1.29, 1.82) is 5.26 Å². The number of ether oxygens (including phenoxy) is 1. The number of rotatable bonds is 6. The summed E-state index contributed by atoms with van der Waals surface area (Å²) in [7, 11) is 0. The fourth-order valence-corrected chi connectivity index (χ4v) is 7.23. The number of alkyl halides is 3. The molecule has 0 unspecified atom stereocenters. The number of likely N-dealkylation sites (N-methyl/N-ethyl adjacent to an activating group) is 1. The van der Waals surface area contributed by atoms with Crippen molar-refractivity contribution in [2.24, 2.45) is 5.92 Å². The molecule has 3 aromatic rings. The summed E-state index contributed by atoms with van der Waals surface area (Å²) in [6.07, 6.45) is -2.84. The Morgan fingerprint density at radius 3 is 2.57 bits per heavy atom. The number of nitriles is 1. The molecule has 1 saturated carbocycles. The molecule has 4 aliphatic rings. The number of piperidine rings is 1. The summed E-state index contributed by atoms with van der Waals surface area (Å²) in [5.41, 5.74) is -0.659. The second-order valence-corrected chi connectivity index (χ2v) is 12.3. The second kappa shape index (κ2) is 11.5. The largest absolute Gasteiger partial charge is 0.416 e. The summed E-state index contributed by atoms with van der Waals surface area (Å²) < 4.78 is 61.9. The Balaban J connectivity index is 1.40. The number of amides is 3. The molecule has 0 radical (unpaired) electrons. The van der Waals surface area contributed by atoms with Crippen LogP contribution < -0.4 is 10.2 Å². The average molecular weight is 651 g/mol. The van der Waals surface area contributed by atoms with Crippen LogP contribution in [0.15, 0.2) is 48.5 Å². The molecule has 3 aliphatic heterocycles. The van der Waals surface area contributed by atoms with Gasteiger partial charge < -0.3 is 15.0 Å². The van der Waals surface area contributed by atoms with Crippen LogP contribution in [0.5, 0.6) is 0 Å². The van der Waals surface area contributed by atoms with Gasteiger partial charge in [-0.25, -0.2) is 9.07 Å². The lowest BCUT2D eigenvalue weighted by Crippen LogP contribution is -2.56. The van der Waals surface area contributed by atoms with E-state index in [-0.39, 0.29) is 42.4 Å². The second-order valence-electron chi connectivity index (χ2n) is 12.3. The van der Waals surface area contributed by atoms with E-state index in [0.717, 1.165) is 18.6 Å². The van der Waals surface area contributed by atoms with Crippen LogP contribution in [0.4, 0.5) is 23.4 Å². The van der Waals surface area contributed by atoms with Gasteiger partial charge in [0.05, 0.1) is 24.3 Å². The maximum absolute atomic E-state index is 14.5. The van der Waals surface area contributed by atoms with Gasteiger partial charge in [-0.3, -0.25) is 19.3 Å². The van der Waals surface area contributed by atoms with E-state index in [4.69, 9.17) is 9.84 Å². The van der Waals surface area contributed by atoms with E-state index in [1.165, 1.54) is 35.2 Å². The van der Waals surface area contributed by atoms with E-state index in [2.05, 4.69) is 11.4 Å². The Bertz CT molecular complexity index is 1800. The number of hydrogen-bond acceptors (Lipinski definition) is 6. The predicted octanol–water partition coefficient (Wildman–Crippen LogP) is 4.43. The zero-order valence-corrected chi connectivity index (χ0v) is 25.2. The van der Waals surface area contributed by atoms with Crippen LogP contribution in [-0.2, 0) is 15.7 Å². The summed E-state index contributed by atoms with van der Waals surface area (Å²) in [5, 5.41) is 17.3. The normalized spacial score (nSPS) is 26.5. The lowest BCUT2D eigenvalue weighted by Gasteiger charge is -2.39. The van der Waals surface area contributed by atoms with Crippen LogP contribution in [0.2, 0.25) is 0 Å². The van der Waals surface area contributed by atoms with Gasteiger partial charge in [-0.1, -0.05) is 18.2 Å². The Morgan fingerprint density at radius 1 is 1.15 bits per heavy atom. The minimum Gasteiger partial charge on any atom is -0.379 e. The monoisotopic (exact) mass is 650 g/mol. The van der Waals surface area contributed by atoms with E-state index in [1.807, 2.05) is 0 Å². The van der Waals surface area contributed by atoms with Crippen molar-refractivity contribution in [3.63, 3.8) is 0 Å². The van der Waals surface area contributed by atoms with Gasteiger partial charge in [-0.05, 0) is 68.0 Å². The van der Waals surface area contributed by atoms with Gasteiger partial charge in [0.15, 0.2) is 5.69 Å². The highest BCUT2D eigenvalue weighted by atomic mass is 19.4. The quantitative estimate of drug-likeness (QED) is 0.395. The van der Waals surface area contributed by atoms with Gasteiger partial charge in [0.25, 0.3) is 17.7 Å². The highest BCUT2D eigenvalue weighted by Gasteiger charge is 2.56. The number of fused-ring (bicyclic) bond motifs is 2. The van der Waals surface area contributed by atoms with Crippen LogP contribution >= 0.6 is 0 Å². The number of halogens is 4. The number of nitrogens with zero attached hydrogens (tertiary/aromatic N) is 5. The smallest absolute Gasteiger partial charge is 0.379 e. The van der Waals surface area contributed by atoms with E-state index in [0.29, 0.717) is 42.5 Å². The molecule has 4 heterocycles. The molecule has 0 spiro atoms. The number of hydrogen-bond donors (Lipinski definition) is 1. The number of carbonyl (C=O) groups excluding carboxylic acids is 3. The fraction of sp³-hybridized carbons (Fsp3) is 0.424. The van der Waals surface area contributed by atoms with Gasteiger partial charge in [0.1, 0.15) is 23.7 Å². The molecule has 1 aliphatic carbocycles. The lowest BCUT2D eigenvalue weighted by molar-refractivity contribution is -0.137. The van der Waals surface area contributed by atoms with Gasteiger partial charge >= 0.3 is 6.18 Å². The number of carbonyl (C=O) groups is 3.